The maximum Gasteiger partial charge on any atom is 0.303 e. The molecule has 1 atom stereocenters. The molecule has 0 bridgehead atoms. The van der Waals surface area contributed by atoms with E-state index >= 15 is 0 Å². The minimum absolute atomic E-state index is 0.0165. The number of nitrogens with one attached hydrogen (secondary N) is 1. The average molecular weight is 253 g/mol. The van der Waals surface area contributed by atoms with Gasteiger partial charge in [0.2, 0.25) is 0 Å². The van der Waals surface area contributed by atoms with E-state index in [1.165, 1.54) is 6.07 Å². The lowest BCUT2D eigenvalue weighted by Crippen LogP contribution is -2.33. The number of halogens is 1. The quantitative estimate of drug-likeness (QED) is 0.844. The predicted molar refractivity (Wildman–Crippen MR) is 64.9 cm³/mol. The van der Waals surface area contributed by atoms with Gasteiger partial charge in [0, 0.05) is 12.5 Å². The van der Waals surface area contributed by atoms with Gasteiger partial charge in [0.15, 0.2) is 0 Å². The number of carbonyl (C=O) groups excluding carboxylic acids is 1. The molecule has 1 rings (SSSR count). The summed E-state index contributed by atoms with van der Waals surface area (Å²) in [5, 5.41) is 11.1. The summed E-state index contributed by atoms with van der Waals surface area (Å²) in [6, 6.07) is 4.28. The van der Waals surface area contributed by atoms with Gasteiger partial charge in [-0.3, -0.25) is 9.59 Å². The number of carbonyl (C=O) groups is 2. The van der Waals surface area contributed by atoms with E-state index in [9.17, 15) is 14.0 Å². The van der Waals surface area contributed by atoms with Crippen molar-refractivity contribution < 1.29 is 19.1 Å². The van der Waals surface area contributed by atoms with Gasteiger partial charge < -0.3 is 10.4 Å². The Kier molecular flexibility index (Phi) is 4.83. The Hall–Kier alpha value is -1.91. The zero-order valence-electron chi connectivity index (χ0n) is 10.4. The highest BCUT2D eigenvalue weighted by atomic mass is 19.1. The number of benzene rings is 1. The summed E-state index contributed by atoms with van der Waals surface area (Å²) in [6.45, 7) is 3.27. The van der Waals surface area contributed by atoms with Crippen LogP contribution in [0.3, 0.4) is 0 Å². The number of hydrogen-bond acceptors (Lipinski definition) is 2. The number of rotatable bonds is 5. The van der Waals surface area contributed by atoms with Crippen molar-refractivity contribution in [3.05, 3.63) is 35.1 Å². The van der Waals surface area contributed by atoms with Crippen LogP contribution >= 0.6 is 0 Å². The van der Waals surface area contributed by atoms with Crippen LogP contribution in [0.5, 0.6) is 0 Å². The van der Waals surface area contributed by atoms with Crippen LogP contribution in [0.15, 0.2) is 18.2 Å². The summed E-state index contributed by atoms with van der Waals surface area (Å²) in [6.07, 6.45) is 0.284. The molecule has 1 aromatic carbocycles. The van der Waals surface area contributed by atoms with Crippen molar-refractivity contribution in [1.29, 1.82) is 0 Å². The Morgan fingerprint density at radius 2 is 2.11 bits per heavy atom. The third-order valence-corrected chi connectivity index (χ3v) is 2.61. The van der Waals surface area contributed by atoms with Crippen molar-refractivity contribution >= 4 is 11.9 Å². The summed E-state index contributed by atoms with van der Waals surface area (Å²) in [5.41, 5.74) is 0.387. The first-order chi connectivity index (χ1) is 8.41. The van der Waals surface area contributed by atoms with E-state index in [0.717, 1.165) is 0 Å². The molecule has 0 fully saturated rings. The molecule has 1 unspecified atom stereocenters. The highest BCUT2D eigenvalue weighted by Gasteiger charge is 2.15. The van der Waals surface area contributed by atoms with Crippen LogP contribution in [0.1, 0.15) is 35.7 Å². The summed E-state index contributed by atoms with van der Waals surface area (Å²) >= 11 is 0. The number of aliphatic carboxylic acids is 1. The molecule has 0 saturated heterocycles. The molecule has 0 radical (unpaired) electrons. The van der Waals surface area contributed by atoms with Gasteiger partial charge in [-0.15, -0.1) is 0 Å². The zero-order chi connectivity index (χ0) is 13.7. The van der Waals surface area contributed by atoms with Crippen LogP contribution in [0, 0.1) is 12.7 Å². The van der Waals surface area contributed by atoms with Gasteiger partial charge in [-0.2, -0.15) is 0 Å². The Balaban J connectivity index is 2.65. The van der Waals surface area contributed by atoms with E-state index < -0.39 is 17.7 Å². The van der Waals surface area contributed by atoms with Gasteiger partial charge in [-0.1, -0.05) is 12.1 Å². The topological polar surface area (TPSA) is 66.4 Å². The van der Waals surface area contributed by atoms with E-state index in [1.54, 1.807) is 26.0 Å². The maximum absolute atomic E-state index is 13.7. The second kappa shape index (κ2) is 6.14. The Bertz CT molecular complexity index is 460. The van der Waals surface area contributed by atoms with Crippen molar-refractivity contribution in [2.75, 3.05) is 0 Å². The summed E-state index contributed by atoms with van der Waals surface area (Å²) in [5.74, 6) is -1.98. The lowest BCUT2D eigenvalue weighted by molar-refractivity contribution is -0.137. The second-order valence-corrected chi connectivity index (χ2v) is 4.24. The van der Waals surface area contributed by atoms with Crippen molar-refractivity contribution in [2.45, 2.75) is 32.7 Å². The first-order valence-electron chi connectivity index (χ1n) is 5.69. The molecule has 0 aliphatic carbocycles. The minimum Gasteiger partial charge on any atom is -0.481 e. The number of carboxylic acids is 1. The lowest BCUT2D eigenvalue weighted by atomic mass is 10.1. The Morgan fingerprint density at radius 1 is 1.44 bits per heavy atom. The first-order valence-corrected chi connectivity index (χ1v) is 5.69. The van der Waals surface area contributed by atoms with Crippen LogP contribution in [-0.2, 0) is 4.79 Å². The smallest absolute Gasteiger partial charge is 0.303 e. The fraction of sp³-hybridized carbons (Fsp3) is 0.385. The van der Waals surface area contributed by atoms with Gasteiger partial charge in [-0.05, 0) is 31.9 Å². The highest BCUT2D eigenvalue weighted by Crippen LogP contribution is 2.12. The highest BCUT2D eigenvalue weighted by molar-refractivity contribution is 5.94. The predicted octanol–water partition coefficient (Wildman–Crippen LogP) is 2.12. The minimum atomic E-state index is -0.919. The van der Waals surface area contributed by atoms with Crippen molar-refractivity contribution in [3.63, 3.8) is 0 Å². The van der Waals surface area contributed by atoms with Crippen LogP contribution in [0.4, 0.5) is 4.39 Å². The standard InChI is InChI=1S/C13H16FNO3/c1-8-4-3-5-10(12(8)14)13(18)15-9(2)6-7-11(16)17/h3-5,9H,6-7H2,1-2H3,(H,15,18)(H,16,17). The molecule has 0 aliphatic rings. The number of amides is 1. The summed E-state index contributed by atoms with van der Waals surface area (Å²) in [7, 11) is 0. The number of hydrogen-bond donors (Lipinski definition) is 2. The third kappa shape index (κ3) is 3.84. The lowest BCUT2D eigenvalue weighted by Gasteiger charge is -2.13. The van der Waals surface area contributed by atoms with E-state index in [-0.39, 0.29) is 18.0 Å². The molecule has 0 heterocycles. The van der Waals surface area contributed by atoms with Gasteiger partial charge >= 0.3 is 5.97 Å². The molecule has 0 aliphatic heterocycles. The zero-order valence-corrected chi connectivity index (χ0v) is 10.4. The molecule has 5 heteroatoms. The largest absolute Gasteiger partial charge is 0.481 e. The normalized spacial score (nSPS) is 11.9. The van der Waals surface area contributed by atoms with Gasteiger partial charge in [0.1, 0.15) is 5.82 Å². The summed E-state index contributed by atoms with van der Waals surface area (Å²) in [4.78, 5) is 22.2. The molecule has 0 saturated carbocycles. The fourth-order valence-corrected chi connectivity index (χ4v) is 1.54. The van der Waals surface area contributed by atoms with E-state index in [0.29, 0.717) is 12.0 Å². The average Bonchev–Trinajstić information content (AvgIpc) is 2.30. The molecule has 2 N–H and O–H groups in total. The second-order valence-electron chi connectivity index (χ2n) is 4.24. The monoisotopic (exact) mass is 253 g/mol. The molecule has 0 spiro atoms. The van der Waals surface area contributed by atoms with Crippen molar-refractivity contribution in [3.8, 4) is 0 Å². The van der Waals surface area contributed by atoms with E-state index in [4.69, 9.17) is 5.11 Å². The molecule has 18 heavy (non-hydrogen) atoms. The van der Waals surface area contributed by atoms with Gasteiger partial charge in [0.25, 0.3) is 5.91 Å². The SMILES string of the molecule is Cc1cccc(C(=O)NC(C)CCC(=O)O)c1F. The Morgan fingerprint density at radius 3 is 2.72 bits per heavy atom. The van der Waals surface area contributed by atoms with Gasteiger partial charge in [-0.25, -0.2) is 4.39 Å². The van der Waals surface area contributed by atoms with Crippen LogP contribution in [0.2, 0.25) is 0 Å². The van der Waals surface area contributed by atoms with Crippen LogP contribution < -0.4 is 5.32 Å². The van der Waals surface area contributed by atoms with Crippen molar-refractivity contribution in [1.82, 2.24) is 5.32 Å². The van der Waals surface area contributed by atoms with Crippen LogP contribution in [0.25, 0.3) is 0 Å². The fourth-order valence-electron chi connectivity index (χ4n) is 1.54. The van der Waals surface area contributed by atoms with Crippen LogP contribution in [-0.4, -0.2) is 23.0 Å². The molecular weight excluding hydrogens is 237 g/mol. The first kappa shape index (κ1) is 14.2. The molecule has 98 valence electrons. The Labute approximate surface area is 105 Å². The van der Waals surface area contributed by atoms with E-state index in [1.807, 2.05) is 0 Å². The number of aryl methyl sites for hydroxylation is 1. The molecule has 0 aromatic heterocycles. The number of carboxylic acid groups (broad SMARTS) is 1. The maximum atomic E-state index is 13.7. The molecular formula is C13H16FNO3. The summed E-state index contributed by atoms with van der Waals surface area (Å²) < 4.78 is 13.7. The molecule has 4 nitrogen and oxygen atoms in total. The molecule has 1 amide bonds. The van der Waals surface area contributed by atoms with Gasteiger partial charge in [0.05, 0.1) is 5.56 Å². The third-order valence-electron chi connectivity index (χ3n) is 2.61. The molecule has 1 aromatic rings. The van der Waals surface area contributed by atoms with Crippen molar-refractivity contribution in [2.24, 2.45) is 0 Å². The van der Waals surface area contributed by atoms with E-state index in [2.05, 4.69) is 5.32 Å².